The predicted molar refractivity (Wildman–Crippen MR) is 87.3 cm³/mol. The van der Waals surface area contributed by atoms with Gasteiger partial charge in [0.1, 0.15) is 4.88 Å². The van der Waals surface area contributed by atoms with E-state index in [1.165, 1.54) is 12.7 Å². The molecule has 1 aromatic carbocycles. The monoisotopic (exact) mass is 317 g/mol. The quantitative estimate of drug-likeness (QED) is 0.794. The maximum atomic E-state index is 12.4. The van der Waals surface area contributed by atoms with E-state index in [0.717, 1.165) is 23.3 Å². The lowest BCUT2D eigenvalue weighted by molar-refractivity contribution is 0.0606. The first-order chi connectivity index (χ1) is 10.5. The molecule has 116 valence electrons. The predicted octanol–water partition coefficient (Wildman–Crippen LogP) is 3.37. The van der Waals surface area contributed by atoms with E-state index in [9.17, 15) is 9.59 Å². The minimum atomic E-state index is -0.415. The third kappa shape index (κ3) is 3.74. The van der Waals surface area contributed by atoms with Crippen molar-refractivity contribution in [2.24, 2.45) is 0 Å². The highest BCUT2D eigenvalue weighted by Crippen LogP contribution is 2.19. The lowest BCUT2D eigenvalue weighted by atomic mass is 10.1. The number of aryl methyl sites for hydroxylation is 1. The van der Waals surface area contributed by atoms with Crippen LogP contribution < -0.4 is 0 Å². The molecule has 0 aliphatic carbocycles. The number of ether oxygens (including phenoxy) is 1. The van der Waals surface area contributed by atoms with Gasteiger partial charge in [-0.05, 0) is 29.7 Å². The molecule has 1 amide bonds. The van der Waals surface area contributed by atoms with Crippen LogP contribution in [-0.2, 0) is 17.7 Å². The summed E-state index contributed by atoms with van der Waals surface area (Å²) in [6.07, 6.45) is 1.00. The zero-order chi connectivity index (χ0) is 16.1. The zero-order valence-corrected chi connectivity index (χ0v) is 13.8. The van der Waals surface area contributed by atoms with Gasteiger partial charge in [0.2, 0.25) is 0 Å². The number of methoxy groups -OCH3 is 1. The number of carbonyl (C=O) groups excluding carboxylic acids is 2. The number of nitrogens with zero attached hydrogens (tertiary/aromatic N) is 1. The van der Waals surface area contributed by atoms with Crippen molar-refractivity contribution in [2.75, 3.05) is 14.2 Å². The van der Waals surface area contributed by atoms with Gasteiger partial charge in [0, 0.05) is 13.6 Å². The molecule has 0 aliphatic rings. The average Bonchev–Trinajstić information content (AvgIpc) is 3.04. The van der Waals surface area contributed by atoms with Crippen LogP contribution in [0.1, 0.15) is 37.4 Å². The molecule has 0 spiro atoms. The third-order valence-corrected chi connectivity index (χ3v) is 4.45. The molecule has 0 radical (unpaired) electrons. The SMILES string of the molecule is CCc1ccc(CN(C)C(=O)c2ccc(C(=O)OC)s2)cc1. The lowest BCUT2D eigenvalue weighted by Crippen LogP contribution is -2.25. The molecule has 4 nitrogen and oxygen atoms in total. The summed E-state index contributed by atoms with van der Waals surface area (Å²) in [5.41, 5.74) is 2.36. The van der Waals surface area contributed by atoms with Gasteiger partial charge in [-0.1, -0.05) is 31.2 Å². The fourth-order valence-electron chi connectivity index (χ4n) is 2.08. The molecule has 0 bridgehead atoms. The Morgan fingerprint density at radius 3 is 2.23 bits per heavy atom. The number of hydrogen-bond donors (Lipinski definition) is 0. The van der Waals surface area contributed by atoms with Gasteiger partial charge < -0.3 is 9.64 Å². The summed E-state index contributed by atoms with van der Waals surface area (Å²) in [4.78, 5) is 26.4. The minimum absolute atomic E-state index is 0.0975. The molecule has 0 saturated heterocycles. The molecule has 0 N–H and O–H groups in total. The highest BCUT2D eigenvalue weighted by molar-refractivity contribution is 7.15. The van der Waals surface area contributed by atoms with E-state index in [0.29, 0.717) is 16.3 Å². The van der Waals surface area contributed by atoms with E-state index in [1.807, 2.05) is 12.1 Å². The molecule has 5 heteroatoms. The zero-order valence-electron chi connectivity index (χ0n) is 13.0. The van der Waals surface area contributed by atoms with E-state index in [-0.39, 0.29) is 5.91 Å². The Morgan fingerprint density at radius 1 is 1.05 bits per heavy atom. The summed E-state index contributed by atoms with van der Waals surface area (Å²) in [5, 5.41) is 0. The van der Waals surface area contributed by atoms with Crippen LogP contribution in [0.5, 0.6) is 0 Å². The van der Waals surface area contributed by atoms with Gasteiger partial charge in [-0.15, -0.1) is 11.3 Å². The van der Waals surface area contributed by atoms with Crippen LogP contribution in [0.4, 0.5) is 0 Å². The highest BCUT2D eigenvalue weighted by atomic mass is 32.1. The van der Waals surface area contributed by atoms with Gasteiger partial charge in [-0.25, -0.2) is 4.79 Å². The Morgan fingerprint density at radius 2 is 1.64 bits per heavy atom. The number of carbonyl (C=O) groups is 2. The average molecular weight is 317 g/mol. The number of amides is 1. The maximum Gasteiger partial charge on any atom is 0.348 e. The fourth-order valence-corrected chi connectivity index (χ4v) is 3.00. The molecular weight excluding hydrogens is 298 g/mol. The Bertz CT molecular complexity index is 661. The molecule has 0 atom stereocenters. The summed E-state index contributed by atoms with van der Waals surface area (Å²) >= 11 is 1.15. The van der Waals surface area contributed by atoms with E-state index in [4.69, 9.17) is 0 Å². The van der Waals surface area contributed by atoms with E-state index in [2.05, 4.69) is 23.8 Å². The van der Waals surface area contributed by atoms with Crippen molar-refractivity contribution in [2.45, 2.75) is 19.9 Å². The van der Waals surface area contributed by atoms with E-state index < -0.39 is 5.97 Å². The Labute approximate surface area is 134 Å². The van der Waals surface area contributed by atoms with Crippen LogP contribution in [0.3, 0.4) is 0 Å². The first-order valence-corrected chi connectivity index (χ1v) is 7.88. The Hall–Kier alpha value is -2.14. The lowest BCUT2D eigenvalue weighted by Gasteiger charge is -2.16. The number of hydrogen-bond acceptors (Lipinski definition) is 4. The van der Waals surface area contributed by atoms with Crippen molar-refractivity contribution in [3.05, 3.63) is 57.3 Å². The number of esters is 1. The van der Waals surface area contributed by atoms with E-state index >= 15 is 0 Å². The van der Waals surface area contributed by atoms with Crippen LogP contribution in [0.2, 0.25) is 0 Å². The van der Waals surface area contributed by atoms with Gasteiger partial charge >= 0.3 is 5.97 Å². The van der Waals surface area contributed by atoms with Crippen molar-refractivity contribution < 1.29 is 14.3 Å². The highest BCUT2D eigenvalue weighted by Gasteiger charge is 2.17. The second-order valence-electron chi connectivity index (χ2n) is 4.99. The summed E-state index contributed by atoms with van der Waals surface area (Å²) in [6, 6.07) is 11.5. The minimum Gasteiger partial charge on any atom is -0.465 e. The van der Waals surface area contributed by atoms with Gasteiger partial charge in [-0.3, -0.25) is 4.79 Å². The second-order valence-corrected chi connectivity index (χ2v) is 6.07. The molecule has 2 aromatic rings. The van der Waals surface area contributed by atoms with Crippen molar-refractivity contribution in [1.82, 2.24) is 4.90 Å². The molecule has 1 aromatic heterocycles. The topological polar surface area (TPSA) is 46.6 Å². The molecule has 0 fully saturated rings. The summed E-state index contributed by atoms with van der Waals surface area (Å²) in [7, 11) is 3.09. The molecular formula is C17H19NO3S. The molecule has 0 unspecified atom stereocenters. The Balaban J connectivity index is 2.04. The van der Waals surface area contributed by atoms with E-state index in [1.54, 1.807) is 24.1 Å². The van der Waals surface area contributed by atoms with Crippen LogP contribution in [0.25, 0.3) is 0 Å². The molecule has 0 aliphatic heterocycles. The number of thiophene rings is 1. The maximum absolute atomic E-state index is 12.4. The van der Waals surface area contributed by atoms with Crippen molar-refractivity contribution in [3.63, 3.8) is 0 Å². The molecule has 22 heavy (non-hydrogen) atoms. The van der Waals surface area contributed by atoms with Crippen LogP contribution in [-0.4, -0.2) is 30.9 Å². The largest absolute Gasteiger partial charge is 0.465 e. The standard InChI is InChI=1S/C17H19NO3S/c1-4-12-5-7-13(8-6-12)11-18(2)16(19)14-9-10-15(22-14)17(20)21-3/h5-10H,4,11H2,1-3H3. The van der Waals surface area contributed by atoms with Crippen LogP contribution in [0, 0.1) is 0 Å². The van der Waals surface area contributed by atoms with Gasteiger partial charge in [0.25, 0.3) is 5.91 Å². The number of benzene rings is 1. The van der Waals surface area contributed by atoms with Crippen LogP contribution >= 0.6 is 11.3 Å². The smallest absolute Gasteiger partial charge is 0.348 e. The Kier molecular flexibility index (Phi) is 5.33. The van der Waals surface area contributed by atoms with Crippen molar-refractivity contribution >= 4 is 23.2 Å². The number of rotatable bonds is 5. The third-order valence-electron chi connectivity index (χ3n) is 3.40. The van der Waals surface area contributed by atoms with Gasteiger partial charge in [0.15, 0.2) is 0 Å². The van der Waals surface area contributed by atoms with Crippen molar-refractivity contribution in [1.29, 1.82) is 0 Å². The normalized spacial score (nSPS) is 10.3. The summed E-state index contributed by atoms with van der Waals surface area (Å²) in [5.74, 6) is -0.512. The van der Waals surface area contributed by atoms with Gasteiger partial charge in [-0.2, -0.15) is 0 Å². The fraction of sp³-hybridized carbons (Fsp3) is 0.294. The van der Waals surface area contributed by atoms with Crippen molar-refractivity contribution in [3.8, 4) is 0 Å². The summed E-state index contributed by atoms with van der Waals surface area (Å²) < 4.78 is 4.65. The van der Waals surface area contributed by atoms with Crippen LogP contribution in [0.15, 0.2) is 36.4 Å². The first-order valence-electron chi connectivity index (χ1n) is 7.06. The molecule has 2 rings (SSSR count). The van der Waals surface area contributed by atoms with Gasteiger partial charge in [0.05, 0.1) is 12.0 Å². The molecule has 1 heterocycles. The first kappa shape index (κ1) is 16.2. The second kappa shape index (κ2) is 7.22. The summed E-state index contributed by atoms with van der Waals surface area (Å²) in [6.45, 7) is 2.65. The molecule has 0 saturated carbocycles.